The zero-order chi connectivity index (χ0) is 8.69. The molecule has 0 aliphatic carbocycles. The minimum Gasteiger partial charge on any atom is -0.299 e. The second-order valence-corrected chi connectivity index (χ2v) is 2.63. The van der Waals surface area contributed by atoms with E-state index in [2.05, 4.69) is 13.2 Å². The molecule has 0 fully saturated rings. The number of ketones is 1. The first kappa shape index (κ1) is 9.91. The summed E-state index contributed by atoms with van der Waals surface area (Å²) in [7, 11) is 0. The molecule has 58 valence electrons. The SMILES string of the molecule is C=CSC(=C)C(=O)/C=C\C=O. The molecule has 0 heterocycles. The molecular formula is C8H8O2S. The number of allylic oxidation sites excluding steroid dienone is 3. The van der Waals surface area contributed by atoms with Crippen molar-refractivity contribution in [3.8, 4) is 0 Å². The summed E-state index contributed by atoms with van der Waals surface area (Å²) in [6.07, 6.45) is 2.85. The summed E-state index contributed by atoms with van der Waals surface area (Å²) >= 11 is 1.14. The largest absolute Gasteiger partial charge is 0.299 e. The fourth-order valence-corrected chi connectivity index (χ4v) is 0.764. The van der Waals surface area contributed by atoms with Crippen LogP contribution in [-0.4, -0.2) is 12.1 Å². The first-order valence-electron chi connectivity index (χ1n) is 2.85. The Labute approximate surface area is 69.7 Å². The third kappa shape index (κ3) is 4.33. The van der Waals surface area contributed by atoms with Crippen LogP contribution in [0.4, 0.5) is 0 Å². The Kier molecular flexibility index (Phi) is 5.11. The van der Waals surface area contributed by atoms with Crippen molar-refractivity contribution in [3.05, 3.63) is 35.6 Å². The van der Waals surface area contributed by atoms with Crippen LogP contribution in [0.3, 0.4) is 0 Å². The zero-order valence-electron chi connectivity index (χ0n) is 5.95. The van der Waals surface area contributed by atoms with Gasteiger partial charge in [0.2, 0.25) is 0 Å². The summed E-state index contributed by atoms with van der Waals surface area (Å²) in [6, 6.07) is 0. The molecule has 0 unspecified atom stereocenters. The number of thioether (sulfide) groups is 1. The van der Waals surface area contributed by atoms with Crippen LogP contribution < -0.4 is 0 Å². The van der Waals surface area contributed by atoms with E-state index in [4.69, 9.17) is 0 Å². The maximum atomic E-state index is 10.9. The van der Waals surface area contributed by atoms with Crippen LogP contribution in [0.1, 0.15) is 0 Å². The third-order valence-electron chi connectivity index (χ3n) is 0.827. The van der Waals surface area contributed by atoms with Crippen molar-refractivity contribution >= 4 is 23.8 Å². The molecule has 0 aromatic carbocycles. The van der Waals surface area contributed by atoms with Gasteiger partial charge in [0, 0.05) is 0 Å². The number of aldehydes is 1. The Morgan fingerprint density at radius 2 is 2.09 bits per heavy atom. The van der Waals surface area contributed by atoms with Crippen molar-refractivity contribution < 1.29 is 9.59 Å². The number of hydrogen-bond donors (Lipinski definition) is 0. The maximum Gasteiger partial charge on any atom is 0.191 e. The van der Waals surface area contributed by atoms with Gasteiger partial charge in [-0.1, -0.05) is 24.9 Å². The van der Waals surface area contributed by atoms with Crippen molar-refractivity contribution in [2.24, 2.45) is 0 Å². The van der Waals surface area contributed by atoms with E-state index < -0.39 is 0 Å². The monoisotopic (exact) mass is 168 g/mol. The molecule has 0 radical (unpaired) electrons. The molecule has 0 saturated heterocycles. The second kappa shape index (κ2) is 5.68. The lowest BCUT2D eigenvalue weighted by molar-refractivity contribution is -0.111. The number of carbonyl (C=O) groups is 2. The van der Waals surface area contributed by atoms with Gasteiger partial charge in [0.25, 0.3) is 0 Å². The van der Waals surface area contributed by atoms with Crippen molar-refractivity contribution in [1.82, 2.24) is 0 Å². The predicted octanol–water partition coefficient (Wildman–Crippen LogP) is 1.70. The minimum absolute atomic E-state index is 0.262. The van der Waals surface area contributed by atoms with Crippen LogP contribution in [0.2, 0.25) is 0 Å². The molecule has 2 nitrogen and oxygen atoms in total. The van der Waals surface area contributed by atoms with Crippen LogP contribution in [0.5, 0.6) is 0 Å². The van der Waals surface area contributed by atoms with Crippen LogP contribution in [0.25, 0.3) is 0 Å². The Morgan fingerprint density at radius 3 is 2.55 bits per heavy atom. The lowest BCUT2D eigenvalue weighted by Gasteiger charge is -1.92. The van der Waals surface area contributed by atoms with Gasteiger partial charge in [0.05, 0.1) is 4.91 Å². The van der Waals surface area contributed by atoms with Gasteiger partial charge in [-0.2, -0.15) is 0 Å². The van der Waals surface area contributed by atoms with Crippen LogP contribution in [0.15, 0.2) is 35.6 Å². The average molecular weight is 168 g/mol. The summed E-state index contributed by atoms with van der Waals surface area (Å²) in [6.45, 7) is 6.89. The van der Waals surface area contributed by atoms with Gasteiger partial charge in [-0.15, -0.1) is 0 Å². The summed E-state index contributed by atoms with van der Waals surface area (Å²) < 4.78 is 0. The van der Waals surface area contributed by atoms with E-state index in [-0.39, 0.29) is 5.78 Å². The molecule has 0 bridgehead atoms. The Balaban J connectivity index is 4.02. The minimum atomic E-state index is -0.262. The number of hydrogen-bond acceptors (Lipinski definition) is 3. The van der Waals surface area contributed by atoms with Crippen molar-refractivity contribution in [2.75, 3.05) is 0 Å². The highest BCUT2D eigenvalue weighted by Crippen LogP contribution is 2.14. The van der Waals surface area contributed by atoms with E-state index in [1.54, 1.807) is 0 Å². The average Bonchev–Trinajstić information content (AvgIpc) is 2.00. The summed E-state index contributed by atoms with van der Waals surface area (Å²) in [5.41, 5.74) is 0. The third-order valence-corrected chi connectivity index (χ3v) is 1.48. The molecule has 11 heavy (non-hydrogen) atoms. The molecular weight excluding hydrogens is 160 g/mol. The lowest BCUT2D eigenvalue weighted by atomic mass is 10.3. The Hall–Kier alpha value is -1.09. The smallest absolute Gasteiger partial charge is 0.191 e. The molecule has 0 N–H and O–H groups in total. The first-order chi connectivity index (χ1) is 5.22. The van der Waals surface area contributed by atoms with Gasteiger partial charge >= 0.3 is 0 Å². The number of rotatable bonds is 5. The summed E-state index contributed by atoms with van der Waals surface area (Å²) in [5.74, 6) is -0.262. The van der Waals surface area contributed by atoms with Gasteiger partial charge in [-0.25, -0.2) is 0 Å². The topological polar surface area (TPSA) is 34.1 Å². The van der Waals surface area contributed by atoms with E-state index in [0.29, 0.717) is 11.2 Å². The van der Waals surface area contributed by atoms with Crippen molar-refractivity contribution in [1.29, 1.82) is 0 Å². The Bertz CT molecular complexity index is 216. The molecule has 0 amide bonds. The van der Waals surface area contributed by atoms with Crippen LogP contribution >= 0.6 is 11.8 Å². The fraction of sp³-hybridized carbons (Fsp3) is 0. The predicted molar refractivity (Wildman–Crippen MR) is 47.1 cm³/mol. The quantitative estimate of drug-likeness (QED) is 0.463. The highest BCUT2D eigenvalue weighted by molar-refractivity contribution is 8.06. The molecule has 0 spiro atoms. The molecule has 0 aliphatic heterocycles. The standard InChI is InChI=1S/C8H8O2S/c1-3-11-7(2)8(10)5-4-6-9/h3-6H,1-2H2/b5-4-. The molecule has 3 heteroatoms. The molecule has 0 aromatic rings. The van der Waals surface area contributed by atoms with Crippen molar-refractivity contribution in [3.63, 3.8) is 0 Å². The fourth-order valence-electron chi connectivity index (χ4n) is 0.378. The molecule has 0 aromatic heterocycles. The first-order valence-corrected chi connectivity index (χ1v) is 3.73. The summed E-state index contributed by atoms with van der Waals surface area (Å²) in [5, 5.41) is 1.51. The van der Waals surface area contributed by atoms with Gasteiger partial charge in [-0.05, 0) is 17.6 Å². The lowest BCUT2D eigenvalue weighted by Crippen LogP contribution is -1.91. The van der Waals surface area contributed by atoms with E-state index >= 15 is 0 Å². The van der Waals surface area contributed by atoms with E-state index in [0.717, 1.165) is 17.8 Å². The molecule has 0 atom stereocenters. The molecule has 0 saturated carbocycles. The van der Waals surface area contributed by atoms with Gasteiger partial charge in [0.1, 0.15) is 6.29 Å². The second-order valence-electron chi connectivity index (χ2n) is 1.57. The molecule has 0 rings (SSSR count). The van der Waals surface area contributed by atoms with Crippen molar-refractivity contribution in [2.45, 2.75) is 0 Å². The zero-order valence-corrected chi connectivity index (χ0v) is 6.76. The molecule has 0 aliphatic rings. The number of carbonyl (C=O) groups excluding carboxylic acids is 2. The maximum absolute atomic E-state index is 10.9. The summed E-state index contributed by atoms with van der Waals surface area (Å²) in [4.78, 5) is 21.0. The van der Waals surface area contributed by atoms with Gasteiger partial charge in [-0.3, -0.25) is 9.59 Å². The van der Waals surface area contributed by atoms with E-state index in [9.17, 15) is 9.59 Å². The Morgan fingerprint density at radius 1 is 1.45 bits per heavy atom. The highest BCUT2D eigenvalue weighted by Gasteiger charge is 1.99. The highest BCUT2D eigenvalue weighted by atomic mass is 32.2. The van der Waals surface area contributed by atoms with E-state index in [1.807, 2.05) is 0 Å². The van der Waals surface area contributed by atoms with Crippen LogP contribution in [0, 0.1) is 0 Å². The van der Waals surface area contributed by atoms with Gasteiger partial charge < -0.3 is 0 Å². The van der Waals surface area contributed by atoms with Crippen LogP contribution in [-0.2, 0) is 9.59 Å². The van der Waals surface area contributed by atoms with Gasteiger partial charge in [0.15, 0.2) is 5.78 Å². The van der Waals surface area contributed by atoms with E-state index in [1.165, 1.54) is 11.5 Å². The normalized spacial score (nSPS) is 9.45.